The smallest absolute Gasteiger partial charge is 0.269 e. The Balaban J connectivity index is 1.87. The highest BCUT2D eigenvalue weighted by Crippen LogP contribution is 2.30. The first kappa shape index (κ1) is 19.3. The normalized spacial score (nSPS) is 13.1. The number of rotatable bonds is 7. The number of halogens is 1. The number of nitrogens with zero attached hydrogens (tertiary/aromatic N) is 1. The molecule has 0 unspecified atom stereocenters. The number of amides is 1. The molecule has 1 N–H and O–H groups in total. The lowest BCUT2D eigenvalue weighted by Gasteiger charge is -2.16. The number of benzene rings is 2. The summed E-state index contributed by atoms with van der Waals surface area (Å²) >= 11 is 7.30. The summed E-state index contributed by atoms with van der Waals surface area (Å²) < 4.78 is 0. The van der Waals surface area contributed by atoms with Crippen molar-refractivity contribution < 1.29 is 9.72 Å². The van der Waals surface area contributed by atoms with Gasteiger partial charge in [-0.3, -0.25) is 14.9 Å². The Bertz CT molecular complexity index is 752. The van der Waals surface area contributed by atoms with Crippen LogP contribution in [0.15, 0.2) is 48.5 Å². The van der Waals surface area contributed by atoms with E-state index in [1.54, 1.807) is 24.3 Å². The first-order chi connectivity index (χ1) is 11.9. The molecule has 0 radical (unpaired) electrons. The minimum Gasteiger partial charge on any atom is -0.349 e. The zero-order chi connectivity index (χ0) is 18.4. The molecule has 0 saturated carbocycles. The standard InChI is InChI=1S/C18H19ClN2O3S/c1-12(14-6-8-16(19)9-7-14)20-18(22)11-25-13(2)15-4-3-5-17(10-15)21(23)24/h3-10,12-13H,11H2,1-2H3,(H,20,22)/t12-,13+/m0/s1. The molecule has 2 rings (SSSR count). The first-order valence-electron chi connectivity index (χ1n) is 7.77. The largest absolute Gasteiger partial charge is 0.349 e. The summed E-state index contributed by atoms with van der Waals surface area (Å²) in [7, 11) is 0. The summed E-state index contributed by atoms with van der Waals surface area (Å²) in [6.07, 6.45) is 0. The Labute approximate surface area is 155 Å². The van der Waals surface area contributed by atoms with Crippen LogP contribution in [0.4, 0.5) is 5.69 Å². The van der Waals surface area contributed by atoms with Crippen LogP contribution < -0.4 is 5.32 Å². The quantitative estimate of drug-likeness (QED) is 0.548. The van der Waals surface area contributed by atoms with Crippen LogP contribution in [0.3, 0.4) is 0 Å². The number of hydrogen-bond acceptors (Lipinski definition) is 4. The summed E-state index contributed by atoms with van der Waals surface area (Å²) in [6.45, 7) is 3.84. The SMILES string of the molecule is C[C@H](NC(=O)CS[C@H](C)c1cccc([N+](=O)[O-])c1)c1ccc(Cl)cc1. The van der Waals surface area contributed by atoms with Crippen LogP contribution in [0.1, 0.15) is 36.3 Å². The summed E-state index contributed by atoms with van der Waals surface area (Å²) in [5.41, 5.74) is 1.87. The van der Waals surface area contributed by atoms with Gasteiger partial charge in [-0.25, -0.2) is 0 Å². The van der Waals surface area contributed by atoms with E-state index in [1.165, 1.54) is 17.8 Å². The van der Waals surface area contributed by atoms with Gasteiger partial charge in [0, 0.05) is 22.4 Å². The maximum Gasteiger partial charge on any atom is 0.269 e. The van der Waals surface area contributed by atoms with Crippen molar-refractivity contribution in [1.29, 1.82) is 0 Å². The molecule has 0 bridgehead atoms. The lowest BCUT2D eigenvalue weighted by atomic mass is 10.1. The lowest BCUT2D eigenvalue weighted by molar-refractivity contribution is -0.384. The molecule has 1 amide bonds. The van der Waals surface area contributed by atoms with Gasteiger partial charge in [-0.15, -0.1) is 11.8 Å². The van der Waals surface area contributed by atoms with E-state index in [4.69, 9.17) is 11.6 Å². The number of hydrogen-bond donors (Lipinski definition) is 1. The van der Waals surface area contributed by atoms with E-state index in [2.05, 4.69) is 5.32 Å². The third kappa shape index (κ3) is 5.76. The molecule has 2 aromatic carbocycles. The fraction of sp³-hybridized carbons (Fsp3) is 0.278. The van der Waals surface area contributed by atoms with Crippen LogP contribution in [-0.2, 0) is 4.79 Å². The highest BCUT2D eigenvalue weighted by Gasteiger charge is 2.14. The van der Waals surface area contributed by atoms with Gasteiger partial charge in [-0.2, -0.15) is 0 Å². The van der Waals surface area contributed by atoms with E-state index in [0.29, 0.717) is 5.02 Å². The maximum absolute atomic E-state index is 12.1. The molecular weight excluding hydrogens is 360 g/mol. The number of nitrogens with one attached hydrogen (secondary N) is 1. The van der Waals surface area contributed by atoms with Gasteiger partial charge in [-0.05, 0) is 37.1 Å². The Morgan fingerprint density at radius 2 is 1.88 bits per heavy atom. The number of carbonyl (C=O) groups is 1. The molecule has 0 aliphatic rings. The number of thioether (sulfide) groups is 1. The second-order valence-electron chi connectivity index (χ2n) is 5.65. The summed E-state index contributed by atoms with van der Waals surface area (Å²) in [5, 5.41) is 14.4. The minimum atomic E-state index is -0.415. The molecule has 7 heteroatoms. The van der Waals surface area contributed by atoms with Crippen molar-refractivity contribution in [2.45, 2.75) is 25.1 Å². The van der Waals surface area contributed by atoms with Gasteiger partial charge in [0.2, 0.25) is 5.91 Å². The van der Waals surface area contributed by atoms with Crippen molar-refractivity contribution in [2.75, 3.05) is 5.75 Å². The molecule has 2 aromatic rings. The van der Waals surface area contributed by atoms with Crippen molar-refractivity contribution in [2.24, 2.45) is 0 Å². The summed E-state index contributed by atoms with van der Waals surface area (Å²) in [6, 6.07) is 13.7. The van der Waals surface area contributed by atoms with Crippen molar-refractivity contribution in [3.8, 4) is 0 Å². The zero-order valence-corrected chi connectivity index (χ0v) is 15.5. The Morgan fingerprint density at radius 1 is 1.20 bits per heavy atom. The van der Waals surface area contributed by atoms with Crippen molar-refractivity contribution >= 4 is 35.0 Å². The Hall–Kier alpha value is -2.05. The van der Waals surface area contributed by atoms with E-state index in [1.807, 2.05) is 32.0 Å². The van der Waals surface area contributed by atoms with Crippen molar-refractivity contribution in [1.82, 2.24) is 5.32 Å². The molecular formula is C18H19ClN2O3S. The molecule has 132 valence electrons. The van der Waals surface area contributed by atoms with Crippen LogP contribution in [0, 0.1) is 10.1 Å². The van der Waals surface area contributed by atoms with Gasteiger partial charge >= 0.3 is 0 Å². The minimum absolute atomic E-state index is 0.0171. The van der Waals surface area contributed by atoms with Crippen LogP contribution >= 0.6 is 23.4 Å². The molecule has 0 aliphatic heterocycles. The highest BCUT2D eigenvalue weighted by atomic mass is 35.5. The van der Waals surface area contributed by atoms with Crippen LogP contribution in [0.25, 0.3) is 0 Å². The Kier molecular flexibility index (Phi) is 6.84. The average Bonchev–Trinajstić information content (AvgIpc) is 2.60. The predicted molar refractivity (Wildman–Crippen MR) is 102 cm³/mol. The van der Waals surface area contributed by atoms with Gasteiger partial charge < -0.3 is 5.32 Å². The van der Waals surface area contributed by atoms with E-state index in [0.717, 1.165) is 11.1 Å². The molecule has 0 spiro atoms. The van der Waals surface area contributed by atoms with E-state index < -0.39 is 4.92 Å². The van der Waals surface area contributed by atoms with Gasteiger partial charge in [0.15, 0.2) is 0 Å². The van der Waals surface area contributed by atoms with Gasteiger partial charge in [0.05, 0.1) is 16.7 Å². The molecule has 0 heterocycles. The zero-order valence-electron chi connectivity index (χ0n) is 13.9. The number of non-ortho nitro benzene ring substituents is 1. The van der Waals surface area contributed by atoms with Crippen molar-refractivity contribution in [3.05, 3.63) is 74.8 Å². The fourth-order valence-electron chi connectivity index (χ4n) is 2.31. The molecule has 25 heavy (non-hydrogen) atoms. The summed E-state index contributed by atoms with van der Waals surface area (Å²) in [5.74, 6) is 0.201. The summed E-state index contributed by atoms with van der Waals surface area (Å²) in [4.78, 5) is 22.6. The second kappa shape index (κ2) is 8.87. The molecule has 0 fully saturated rings. The molecule has 0 aromatic heterocycles. The van der Waals surface area contributed by atoms with Gasteiger partial charge in [0.25, 0.3) is 5.69 Å². The average molecular weight is 379 g/mol. The predicted octanol–water partition coefficient (Wildman–Crippen LogP) is 4.92. The van der Waals surface area contributed by atoms with E-state index in [9.17, 15) is 14.9 Å². The van der Waals surface area contributed by atoms with Crippen LogP contribution in [0.2, 0.25) is 5.02 Å². The third-order valence-corrected chi connectivity index (χ3v) is 5.22. The monoisotopic (exact) mass is 378 g/mol. The molecule has 2 atom stereocenters. The molecule has 5 nitrogen and oxygen atoms in total. The van der Waals surface area contributed by atoms with Crippen LogP contribution in [0.5, 0.6) is 0 Å². The first-order valence-corrected chi connectivity index (χ1v) is 9.20. The number of nitro groups is 1. The Morgan fingerprint density at radius 3 is 2.52 bits per heavy atom. The van der Waals surface area contributed by atoms with E-state index in [-0.39, 0.29) is 28.6 Å². The lowest BCUT2D eigenvalue weighted by Crippen LogP contribution is -2.28. The topological polar surface area (TPSA) is 72.2 Å². The maximum atomic E-state index is 12.1. The molecule has 0 saturated heterocycles. The number of carbonyl (C=O) groups excluding carboxylic acids is 1. The van der Waals surface area contributed by atoms with Crippen LogP contribution in [-0.4, -0.2) is 16.6 Å². The number of nitro benzene ring substituents is 1. The molecule has 0 aliphatic carbocycles. The van der Waals surface area contributed by atoms with E-state index >= 15 is 0 Å². The van der Waals surface area contributed by atoms with Gasteiger partial charge in [-0.1, -0.05) is 35.9 Å². The highest BCUT2D eigenvalue weighted by molar-refractivity contribution is 8.00. The third-order valence-electron chi connectivity index (χ3n) is 3.76. The van der Waals surface area contributed by atoms with Gasteiger partial charge in [0.1, 0.15) is 0 Å². The second-order valence-corrected chi connectivity index (χ2v) is 7.41. The van der Waals surface area contributed by atoms with Crippen molar-refractivity contribution in [3.63, 3.8) is 0 Å². The fourth-order valence-corrected chi connectivity index (χ4v) is 3.26.